The highest BCUT2D eigenvalue weighted by Gasteiger charge is 2.39. The van der Waals surface area contributed by atoms with Crippen LogP contribution in [0, 0.1) is 0 Å². The molecule has 5 nitrogen and oxygen atoms in total. The lowest BCUT2D eigenvalue weighted by molar-refractivity contribution is -0.0164. The van der Waals surface area contributed by atoms with Crippen molar-refractivity contribution in [3.8, 4) is 0 Å². The SMILES string of the molecule is CN=C(NCc1ccc(Cl)cc1)NCC1(N2CCCC2)CCOCC1. The summed E-state index contributed by atoms with van der Waals surface area (Å²) in [5.74, 6) is 0.847. The molecule has 1 aromatic rings. The van der Waals surface area contributed by atoms with Crippen molar-refractivity contribution >= 4 is 17.6 Å². The van der Waals surface area contributed by atoms with Gasteiger partial charge in [-0.15, -0.1) is 0 Å². The van der Waals surface area contributed by atoms with Crippen LogP contribution in [0.5, 0.6) is 0 Å². The van der Waals surface area contributed by atoms with E-state index in [-0.39, 0.29) is 5.54 Å². The number of aliphatic imine (C=N–C) groups is 1. The smallest absolute Gasteiger partial charge is 0.191 e. The van der Waals surface area contributed by atoms with E-state index >= 15 is 0 Å². The highest BCUT2D eigenvalue weighted by atomic mass is 35.5. The molecule has 0 atom stereocenters. The molecule has 1 aromatic carbocycles. The van der Waals surface area contributed by atoms with Gasteiger partial charge in [-0.25, -0.2) is 0 Å². The summed E-state index contributed by atoms with van der Waals surface area (Å²) in [6.07, 6.45) is 4.81. The van der Waals surface area contributed by atoms with E-state index in [2.05, 4.69) is 20.5 Å². The van der Waals surface area contributed by atoms with Crippen LogP contribution in [0.1, 0.15) is 31.2 Å². The fraction of sp³-hybridized carbons (Fsp3) is 0.632. The van der Waals surface area contributed by atoms with Crippen LogP contribution in [0.15, 0.2) is 29.3 Å². The molecule has 0 bridgehead atoms. The predicted octanol–water partition coefficient (Wildman–Crippen LogP) is 2.65. The standard InChI is InChI=1S/C19H29ClN4O/c1-21-18(22-14-16-4-6-17(20)7-5-16)23-15-19(8-12-25-13-9-19)24-10-2-3-11-24/h4-7H,2-3,8-15H2,1H3,(H2,21,22,23). The lowest BCUT2D eigenvalue weighted by Gasteiger charge is -2.45. The van der Waals surface area contributed by atoms with E-state index in [1.165, 1.54) is 31.5 Å². The molecule has 2 aliphatic heterocycles. The summed E-state index contributed by atoms with van der Waals surface area (Å²) >= 11 is 5.94. The fourth-order valence-corrected chi connectivity index (χ4v) is 3.93. The summed E-state index contributed by atoms with van der Waals surface area (Å²) in [7, 11) is 1.82. The zero-order valence-electron chi connectivity index (χ0n) is 15.1. The normalized spacial score (nSPS) is 21.3. The van der Waals surface area contributed by atoms with Crippen LogP contribution in [-0.4, -0.2) is 56.3 Å². The van der Waals surface area contributed by atoms with Crippen LogP contribution in [-0.2, 0) is 11.3 Å². The number of likely N-dealkylation sites (tertiary alicyclic amines) is 1. The number of halogens is 1. The number of benzene rings is 1. The summed E-state index contributed by atoms with van der Waals surface area (Å²) in [5.41, 5.74) is 1.39. The van der Waals surface area contributed by atoms with Crippen molar-refractivity contribution in [1.82, 2.24) is 15.5 Å². The Balaban J connectivity index is 1.55. The first-order valence-corrected chi connectivity index (χ1v) is 9.61. The molecule has 2 saturated heterocycles. The fourth-order valence-electron chi connectivity index (χ4n) is 3.80. The molecule has 0 aromatic heterocycles. The molecule has 0 aliphatic carbocycles. The monoisotopic (exact) mass is 364 g/mol. The lowest BCUT2D eigenvalue weighted by Crippen LogP contribution is -2.58. The molecule has 138 valence electrons. The molecule has 0 saturated carbocycles. The summed E-state index contributed by atoms with van der Waals surface area (Å²) in [6, 6.07) is 7.90. The maximum Gasteiger partial charge on any atom is 0.191 e. The third kappa shape index (κ3) is 4.87. The van der Waals surface area contributed by atoms with Gasteiger partial charge in [0.05, 0.1) is 0 Å². The van der Waals surface area contributed by atoms with Crippen molar-refractivity contribution < 1.29 is 4.74 Å². The highest BCUT2D eigenvalue weighted by molar-refractivity contribution is 6.30. The second-order valence-corrected chi connectivity index (χ2v) is 7.37. The molecule has 3 rings (SSSR count). The van der Waals surface area contributed by atoms with Gasteiger partial charge in [0.15, 0.2) is 5.96 Å². The highest BCUT2D eigenvalue weighted by Crippen LogP contribution is 2.30. The number of hydrogen-bond donors (Lipinski definition) is 2. The van der Waals surface area contributed by atoms with Crippen molar-refractivity contribution in [2.45, 2.75) is 37.8 Å². The zero-order valence-corrected chi connectivity index (χ0v) is 15.8. The molecule has 2 N–H and O–H groups in total. The van der Waals surface area contributed by atoms with Gasteiger partial charge in [0.2, 0.25) is 0 Å². The van der Waals surface area contributed by atoms with E-state index in [0.29, 0.717) is 0 Å². The van der Waals surface area contributed by atoms with Gasteiger partial charge in [-0.3, -0.25) is 9.89 Å². The number of guanidine groups is 1. The van der Waals surface area contributed by atoms with Crippen molar-refractivity contribution in [3.05, 3.63) is 34.9 Å². The lowest BCUT2D eigenvalue weighted by atomic mass is 9.88. The first-order valence-electron chi connectivity index (χ1n) is 9.24. The maximum absolute atomic E-state index is 5.94. The molecule has 0 radical (unpaired) electrons. The third-order valence-electron chi connectivity index (χ3n) is 5.38. The van der Waals surface area contributed by atoms with Crippen LogP contribution < -0.4 is 10.6 Å². The molecular formula is C19H29ClN4O. The second-order valence-electron chi connectivity index (χ2n) is 6.94. The molecule has 2 aliphatic rings. The van der Waals surface area contributed by atoms with Crippen LogP contribution in [0.2, 0.25) is 5.02 Å². The quantitative estimate of drug-likeness (QED) is 0.623. The Bertz CT molecular complexity index is 563. The van der Waals surface area contributed by atoms with Gasteiger partial charge in [0.1, 0.15) is 0 Å². The third-order valence-corrected chi connectivity index (χ3v) is 5.63. The molecule has 0 amide bonds. The second kappa shape index (κ2) is 8.88. The molecule has 0 spiro atoms. The minimum atomic E-state index is 0.201. The van der Waals surface area contributed by atoms with Crippen LogP contribution in [0.4, 0.5) is 0 Å². The Morgan fingerprint density at radius 2 is 1.84 bits per heavy atom. The maximum atomic E-state index is 5.94. The van der Waals surface area contributed by atoms with E-state index in [9.17, 15) is 0 Å². The molecule has 0 unspecified atom stereocenters. The molecule has 25 heavy (non-hydrogen) atoms. The minimum absolute atomic E-state index is 0.201. The van der Waals surface area contributed by atoms with E-state index < -0.39 is 0 Å². The Hall–Kier alpha value is -1.30. The van der Waals surface area contributed by atoms with Crippen LogP contribution >= 0.6 is 11.6 Å². The van der Waals surface area contributed by atoms with E-state index in [1.807, 2.05) is 31.3 Å². The Morgan fingerprint density at radius 1 is 1.16 bits per heavy atom. The first kappa shape index (κ1) is 18.5. The molecule has 2 fully saturated rings. The van der Waals surface area contributed by atoms with Crippen molar-refractivity contribution in [2.24, 2.45) is 4.99 Å². The Morgan fingerprint density at radius 3 is 2.48 bits per heavy atom. The minimum Gasteiger partial charge on any atom is -0.381 e. The van der Waals surface area contributed by atoms with Crippen molar-refractivity contribution in [3.63, 3.8) is 0 Å². The van der Waals surface area contributed by atoms with Gasteiger partial charge in [-0.1, -0.05) is 23.7 Å². The Labute approximate surface area is 155 Å². The average molecular weight is 365 g/mol. The average Bonchev–Trinajstić information content (AvgIpc) is 3.19. The predicted molar refractivity (Wildman–Crippen MR) is 103 cm³/mol. The van der Waals surface area contributed by atoms with Crippen LogP contribution in [0.3, 0.4) is 0 Å². The van der Waals surface area contributed by atoms with Gasteiger partial charge in [0.25, 0.3) is 0 Å². The number of rotatable bonds is 5. The summed E-state index contributed by atoms with van der Waals surface area (Å²) in [6.45, 7) is 5.77. The van der Waals surface area contributed by atoms with E-state index in [1.54, 1.807) is 0 Å². The summed E-state index contributed by atoms with van der Waals surface area (Å²) < 4.78 is 5.62. The molecule has 6 heteroatoms. The summed E-state index contributed by atoms with van der Waals surface area (Å²) in [4.78, 5) is 7.04. The topological polar surface area (TPSA) is 48.9 Å². The van der Waals surface area contributed by atoms with Crippen molar-refractivity contribution in [1.29, 1.82) is 0 Å². The number of nitrogens with one attached hydrogen (secondary N) is 2. The first-order chi connectivity index (χ1) is 12.2. The number of nitrogens with zero attached hydrogens (tertiary/aromatic N) is 2. The van der Waals surface area contributed by atoms with Gasteiger partial charge in [-0.05, 0) is 56.5 Å². The summed E-state index contributed by atoms with van der Waals surface area (Å²) in [5, 5.41) is 7.72. The Kier molecular flexibility index (Phi) is 6.57. The zero-order chi connectivity index (χ0) is 17.5. The number of hydrogen-bond acceptors (Lipinski definition) is 3. The molecular weight excluding hydrogens is 336 g/mol. The van der Waals surface area contributed by atoms with Crippen LogP contribution in [0.25, 0.3) is 0 Å². The van der Waals surface area contributed by atoms with E-state index in [4.69, 9.17) is 16.3 Å². The number of ether oxygens (including phenoxy) is 1. The molecule has 2 heterocycles. The van der Waals surface area contributed by atoms with Crippen molar-refractivity contribution in [2.75, 3.05) is 39.9 Å². The van der Waals surface area contributed by atoms with Gasteiger partial charge in [-0.2, -0.15) is 0 Å². The van der Waals surface area contributed by atoms with Gasteiger partial charge in [0, 0.05) is 43.9 Å². The van der Waals surface area contributed by atoms with Gasteiger partial charge >= 0.3 is 0 Å². The van der Waals surface area contributed by atoms with E-state index in [0.717, 1.165) is 50.1 Å². The largest absolute Gasteiger partial charge is 0.381 e. The van der Waals surface area contributed by atoms with Gasteiger partial charge < -0.3 is 15.4 Å².